The van der Waals surface area contributed by atoms with E-state index in [0.29, 0.717) is 25.3 Å². The Morgan fingerprint density at radius 1 is 0.828 bits per heavy atom. The van der Waals surface area contributed by atoms with Gasteiger partial charge in [0.25, 0.3) is 11.8 Å². The molecule has 4 N–H and O–H groups in total. The van der Waals surface area contributed by atoms with Crippen molar-refractivity contribution in [2.45, 2.75) is 6.54 Å². The van der Waals surface area contributed by atoms with Crippen LogP contribution in [0.5, 0.6) is 0 Å². The average molecular weight is 404 g/mol. The van der Waals surface area contributed by atoms with Crippen molar-refractivity contribution in [3.63, 3.8) is 0 Å². The van der Waals surface area contributed by atoms with E-state index in [1.807, 2.05) is 0 Å². The number of nitrogens with one attached hydrogen (secondary N) is 4. The second-order valence-corrected chi connectivity index (χ2v) is 7.32. The van der Waals surface area contributed by atoms with Gasteiger partial charge in [-0.3, -0.25) is 9.59 Å². The first-order valence-corrected chi connectivity index (χ1v) is 9.71. The van der Waals surface area contributed by atoms with Gasteiger partial charge in [-0.15, -0.1) is 0 Å². The van der Waals surface area contributed by atoms with Gasteiger partial charge in [-0.2, -0.15) is 0 Å². The Morgan fingerprint density at radius 2 is 1.45 bits per heavy atom. The summed E-state index contributed by atoms with van der Waals surface area (Å²) in [6.07, 6.45) is 0. The summed E-state index contributed by atoms with van der Waals surface area (Å²) in [5, 5.41) is 5.57. The molecule has 1 aliphatic heterocycles. The first kappa shape index (κ1) is 20.9. The topological polar surface area (TPSA) is 67.1 Å². The molecule has 0 radical (unpaired) electrons. The molecule has 154 valence electrons. The van der Waals surface area contributed by atoms with Gasteiger partial charge in [-0.05, 0) is 35.9 Å². The molecule has 0 unspecified atom stereocenters. The average Bonchev–Trinajstić information content (AvgIpc) is 2.69. The number of rotatable bonds is 7. The summed E-state index contributed by atoms with van der Waals surface area (Å²) in [6, 6.07) is 11.9. The number of amides is 2. The molecule has 1 saturated heterocycles. The van der Waals surface area contributed by atoms with Gasteiger partial charge in [0.15, 0.2) is 13.1 Å². The number of halogens is 2. The molecule has 2 amide bonds. The van der Waals surface area contributed by atoms with E-state index in [9.17, 15) is 18.4 Å². The molecular formula is C21H26F2N4O2+2. The zero-order chi connectivity index (χ0) is 20.6. The lowest BCUT2D eigenvalue weighted by molar-refractivity contribution is -1.00. The van der Waals surface area contributed by atoms with Crippen molar-refractivity contribution in [1.29, 1.82) is 0 Å². The van der Waals surface area contributed by atoms with E-state index < -0.39 is 0 Å². The van der Waals surface area contributed by atoms with E-state index >= 15 is 0 Å². The maximum absolute atomic E-state index is 13.2. The molecule has 0 atom stereocenters. The number of piperazine rings is 1. The number of benzene rings is 2. The fraction of sp³-hybridized carbons (Fsp3) is 0.333. The fourth-order valence-electron chi connectivity index (χ4n) is 3.40. The van der Waals surface area contributed by atoms with Gasteiger partial charge < -0.3 is 20.4 Å². The quantitative estimate of drug-likeness (QED) is 0.479. The minimum Gasteiger partial charge on any atom is -0.347 e. The van der Waals surface area contributed by atoms with E-state index in [1.165, 1.54) is 29.2 Å². The highest BCUT2D eigenvalue weighted by atomic mass is 19.1. The van der Waals surface area contributed by atoms with Gasteiger partial charge in [0.05, 0.1) is 0 Å². The van der Waals surface area contributed by atoms with Crippen LogP contribution < -0.4 is 20.4 Å². The highest BCUT2D eigenvalue weighted by Gasteiger charge is 2.26. The SMILES string of the molecule is O=C(C[NH+]1CC[NH+](CC(=O)Nc2cccc(F)c2)CC1)NCc1ccc(F)cc1. The lowest BCUT2D eigenvalue weighted by Crippen LogP contribution is -3.28. The van der Waals surface area contributed by atoms with E-state index in [0.717, 1.165) is 36.6 Å². The molecule has 8 heteroatoms. The molecule has 0 bridgehead atoms. The number of hydrogen-bond donors (Lipinski definition) is 4. The molecule has 1 heterocycles. The third kappa shape index (κ3) is 6.92. The molecule has 0 saturated carbocycles. The summed E-state index contributed by atoms with van der Waals surface area (Å²) >= 11 is 0. The molecule has 29 heavy (non-hydrogen) atoms. The molecule has 0 aromatic heterocycles. The summed E-state index contributed by atoms with van der Waals surface area (Å²) in [5.74, 6) is -0.873. The van der Waals surface area contributed by atoms with Crippen LogP contribution in [0, 0.1) is 11.6 Å². The van der Waals surface area contributed by atoms with E-state index in [1.54, 1.807) is 24.3 Å². The number of quaternary nitrogens is 2. The molecule has 6 nitrogen and oxygen atoms in total. The second kappa shape index (κ2) is 10.1. The molecule has 1 aliphatic rings. The van der Waals surface area contributed by atoms with Crippen LogP contribution in [0.2, 0.25) is 0 Å². The van der Waals surface area contributed by atoms with E-state index in [-0.39, 0.29) is 23.4 Å². The van der Waals surface area contributed by atoms with Crippen LogP contribution in [0.25, 0.3) is 0 Å². The zero-order valence-electron chi connectivity index (χ0n) is 16.1. The highest BCUT2D eigenvalue weighted by molar-refractivity contribution is 5.91. The second-order valence-electron chi connectivity index (χ2n) is 7.32. The molecule has 3 rings (SSSR count). The summed E-state index contributed by atoms with van der Waals surface area (Å²) in [6.45, 7) is 4.25. The van der Waals surface area contributed by atoms with Crippen LogP contribution in [0.3, 0.4) is 0 Å². The standard InChI is InChI=1S/C21H24F2N4O2/c22-17-6-4-16(5-7-17)13-24-20(28)14-26-8-10-27(11-9-26)15-21(29)25-19-3-1-2-18(23)12-19/h1-7,12H,8-11,13-15H2,(H,24,28)(H,25,29)/p+2. The zero-order valence-corrected chi connectivity index (χ0v) is 16.1. The van der Waals surface area contributed by atoms with Gasteiger partial charge >= 0.3 is 0 Å². The van der Waals surface area contributed by atoms with E-state index in [4.69, 9.17) is 0 Å². The van der Waals surface area contributed by atoms with Crippen molar-refractivity contribution < 1.29 is 28.2 Å². The molecule has 2 aromatic rings. The van der Waals surface area contributed by atoms with Crippen LogP contribution in [0.4, 0.5) is 14.5 Å². The van der Waals surface area contributed by atoms with Gasteiger partial charge in [0.1, 0.15) is 37.8 Å². The minimum atomic E-state index is -0.384. The molecule has 0 aliphatic carbocycles. The smallest absolute Gasteiger partial charge is 0.279 e. The van der Waals surface area contributed by atoms with Crippen molar-refractivity contribution in [1.82, 2.24) is 5.32 Å². The van der Waals surface area contributed by atoms with Crippen molar-refractivity contribution in [2.75, 3.05) is 44.6 Å². The number of carbonyl (C=O) groups is 2. The predicted molar refractivity (Wildman–Crippen MR) is 104 cm³/mol. The Labute approximate surface area is 168 Å². The van der Waals surface area contributed by atoms with Crippen LogP contribution in [0.15, 0.2) is 48.5 Å². The normalized spacial score (nSPS) is 18.8. The Kier molecular flexibility index (Phi) is 7.26. The van der Waals surface area contributed by atoms with Crippen LogP contribution in [-0.4, -0.2) is 51.1 Å². The monoisotopic (exact) mass is 404 g/mol. The van der Waals surface area contributed by atoms with Crippen molar-refractivity contribution in [3.8, 4) is 0 Å². The highest BCUT2D eigenvalue weighted by Crippen LogP contribution is 2.08. The maximum atomic E-state index is 13.2. The number of anilines is 1. The Bertz CT molecular complexity index is 837. The lowest BCUT2D eigenvalue weighted by Gasteiger charge is -2.29. The van der Waals surface area contributed by atoms with Crippen LogP contribution in [0.1, 0.15) is 5.56 Å². The Hall–Kier alpha value is -2.84. The first-order valence-electron chi connectivity index (χ1n) is 9.71. The van der Waals surface area contributed by atoms with Crippen LogP contribution in [-0.2, 0) is 16.1 Å². The van der Waals surface area contributed by atoms with Gasteiger partial charge in [0, 0.05) is 12.2 Å². The van der Waals surface area contributed by atoms with E-state index in [2.05, 4.69) is 10.6 Å². The molecule has 2 aromatic carbocycles. The minimum absolute atomic E-state index is 0.0448. The predicted octanol–water partition coefficient (Wildman–Crippen LogP) is -0.997. The maximum Gasteiger partial charge on any atom is 0.279 e. The number of hydrogen-bond acceptors (Lipinski definition) is 2. The van der Waals surface area contributed by atoms with Gasteiger partial charge in [0.2, 0.25) is 0 Å². The summed E-state index contributed by atoms with van der Waals surface area (Å²) in [7, 11) is 0. The summed E-state index contributed by atoms with van der Waals surface area (Å²) in [5.41, 5.74) is 1.31. The molecule has 1 fully saturated rings. The fourth-order valence-corrected chi connectivity index (χ4v) is 3.40. The summed E-state index contributed by atoms with van der Waals surface area (Å²) < 4.78 is 26.1. The van der Waals surface area contributed by atoms with Gasteiger partial charge in [-0.25, -0.2) is 8.78 Å². The Morgan fingerprint density at radius 3 is 2.07 bits per heavy atom. The third-order valence-corrected chi connectivity index (χ3v) is 5.00. The largest absolute Gasteiger partial charge is 0.347 e. The molecular weight excluding hydrogens is 378 g/mol. The molecule has 0 spiro atoms. The van der Waals surface area contributed by atoms with Gasteiger partial charge in [-0.1, -0.05) is 18.2 Å². The van der Waals surface area contributed by atoms with Crippen molar-refractivity contribution >= 4 is 17.5 Å². The van der Waals surface area contributed by atoms with Crippen molar-refractivity contribution in [2.24, 2.45) is 0 Å². The first-order chi connectivity index (χ1) is 14.0. The third-order valence-electron chi connectivity index (χ3n) is 5.00. The van der Waals surface area contributed by atoms with Crippen molar-refractivity contribution in [3.05, 3.63) is 65.7 Å². The number of carbonyl (C=O) groups excluding carboxylic acids is 2. The Balaban J connectivity index is 1.34. The lowest BCUT2D eigenvalue weighted by atomic mass is 10.2. The summed E-state index contributed by atoms with van der Waals surface area (Å²) in [4.78, 5) is 26.6. The van der Waals surface area contributed by atoms with Crippen LogP contribution >= 0.6 is 0 Å².